The summed E-state index contributed by atoms with van der Waals surface area (Å²) in [5, 5.41) is 6.59. The molecule has 0 aromatic heterocycles. The predicted octanol–water partition coefficient (Wildman–Crippen LogP) is 4.01. The summed E-state index contributed by atoms with van der Waals surface area (Å²) in [6.07, 6.45) is 3.10. The van der Waals surface area contributed by atoms with Gasteiger partial charge in [0.2, 0.25) is 5.91 Å². The van der Waals surface area contributed by atoms with Gasteiger partial charge < -0.3 is 10.6 Å². The summed E-state index contributed by atoms with van der Waals surface area (Å²) in [7, 11) is 0. The smallest absolute Gasteiger partial charge is 0.220 e. The van der Waals surface area contributed by atoms with Gasteiger partial charge in [0.25, 0.3) is 0 Å². The molecule has 128 valence electrons. The molecule has 0 spiro atoms. The van der Waals surface area contributed by atoms with Crippen LogP contribution in [0.1, 0.15) is 70.0 Å². The van der Waals surface area contributed by atoms with Crippen molar-refractivity contribution in [2.45, 2.75) is 58.9 Å². The zero-order chi connectivity index (χ0) is 16.8. The number of rotatable bonds is 6. The van der Waals surface area contributed by atoms with Crippen molar-refractivity contribution >= 4 is 5.91 Å². The second-order valence-electron chi connectivity index (χ2n) is 7.40. The first-order valence-corrected chi connectivity index (χ1v) is 9.07. The molecule has 3 unspecified atom stereocenters. The minimum absolute atomic E-state index is 0.0698. The highest BCUT2D eigenvalue weighted by atomic mass is 16.1. The van der Waals surface area contributed by atoms with Crippen molar-refractivity contribution in [1.29, 1.82) is 0 Å². The second kappa shape index (κ2) is 8.49. The molecule has 3 nitrogen and oxygen atoms in total. The number of amides is 1. The molecular formula is C20H32N2O. The average molecular weight is 316 g/mol. The van der Waals surface area contributed by atoms with Crippen molar-refractivity contribution in [3.63, 3.8) is 0 Å². The highest BCUT2D eigenvalue weighted by molar-refractivity contribution is 5.76. The fraction of sp³-hybridized carbons (Fsp3) is 0.650. The number of carbonyl (C=O) groups is 1. The third-order valence-corrected chi connectivity index (χ3v) is 5.13. The molecule has 1 fully saturated rings. The standard InChI is InChI=1S/C20H32N2O/c1-14(2)17-7-9-18(10-8-17)16(4)22-20(23)12-15(3)19-6-5-11-21-13-19/h7-10,14-16,19,21H,5-6,11-13H2,1-4H3,(H,22,23). The summed E-state index contributed by atoms with van der Waals surface area (Å²) in [5.41, 5.74) is 2.51. The molecule has 0 radical (unpaired) electrons. The van der Waals surface area contributed by atoms with Crippen LogP contribution in [-0.4, -0.2) is 19.0 Å². The first-order chi connectivity index (χ1) is 11.0. The van der Waals surface area contributed by atoms with Gasteiger partial charge in [-0.3, -0.25) is 4.79 Å². The summed E-state index contributed by atoms with van der Waals surface area (Å²) in [4.78, 5) is 12.3. The van der Waals surface area contributed by atoms with E-state index in [1.54, 1.807) is 0 Å². The SMILES string of the molecule is CC(C)c1ccc(C(C)NC(=O)CC(C)C2CCCNC2)cc1. The number of nitrogens with one attached hydrogen (secondary N) is 2. The van der Waals surface area contributed by atoms with Crippen molar-refractivity contribution in [2.24, 2.45) is 11.8 Å². The fourth-order valence-corrected chi connectivity index (χ4v) is 3.38. The van der Waals surface area contributed by atoms with Gasteiger partial charge in [0, 0.05) is 6.42 Å². The molecule has 1 heterocycles. The van der Waals surface area contributed by atoms with Crippen LogP contribution in [0, 0.1) is 11.8 Å². The Morgan fingerprint density at radius 2 is 1.83 bits per heavy atom. The largest absolute Gasteiger partial charge is 0.350 e. The molecule has 3 heteroatoms. The van der Waals surface area contributed by atoms with E-state index in [1.165, 1.54) is 24.0 Å². The number of benzene rings is 1. The lowest BCUT2D eigenvalue weighted by molar-refractivity contribution is -0.123. The molecule has 3 atom stereocenters. The van der Waals surface area contributed by atoms with Crippen LogP contribution in [0.4, 0.5) is 0 Å². The predicted molar refractivity (Wildman–Crippen MR) is 96.5 cm³/mol. The molecule has 1 aromatic carbocycles. The van der Waals surface area contributed by atoms with Crippen LogP contribution in [0.25, 0.3) is 0 Å². The molecule has 1 aromatic rings. The van der Waals surface area contributed by atoms with Crippen molar-refractivity contribution in [1.82, 2.24) is 10.6 Å². The normalized spacial score (nSPS) is 21.0. The lowest BCUT2D eigenvalue weighted by atomic mass is 9.85. The van der Waals surface area contributed by atoms with Crippen molar-refractivity contribution in [2.75, 3.05) is 13.1 Å². The molecule has 1 amide bonds. The van der Waals surface area contributed by atoms with Crippen LogP contribution in [0.3, 0.4) is 0 Å². The first-order valence-electron chi connectivity index (χ1n) is 9.07. The Kier molecular flexibility index (Phi) is 6.64. The van der Waals surface area contributed by atoms with Crippen LogP contribution in [0.2, 0.25) is 0 Å². The minimum atomic E-state index is 0.0698. The van der Waals surface area contributed by atoms with E-state index in [-0.39, 0.29) is 11.9 Å². The Labute approximate surface area is 141 Å². The van der Waals surface area contributed by atoms with Crippen molar-refractivity contribution in [3.8, 4) is 0 Å². The lowest BCUT2D eigenvalue weighted by Crippen LogP contribution is -2.36. The Morgan fingerprint density at radius 1 is 1.17 bits per heavy atom. The zero-order valence-corrected chi connectivity index (χ0v) is 15.1. The van der Waals surface area contributed by atoms with Gasteiger partial charge in [-0.1, -0.05) is 45.0 Å². The van der Waals surface area contributed by atoms with Crippen LogP contribution < -0.4 is 10.6 Å². The topological polar surface area (TPSA) is 41.1 Å². The van der Waals surface area contributed by atoms with E-state index in [9.17, 15) is 4.79 Å². The number of hydrogen-bond acceptors (Lipinski definition) is 2. The number of piperidine rings is 1. The van der Waals surface area contributed by atoms with E-state index in [1.807, 2.05) is 0 Å². The van der Waals surface area contributed by atoms with Gasteiger partial charge in [-0.15, -0.1) is 0 Å². The summed E-state index contributed by atoms with van der Waals surface area (Å²) in [6, 6.07) is 8.67. The average Bonchev–Trinajstić information content (AvgIpc) is 2.55. The lowest BCUT2D eigenvalue weighted by Gasteiger charge is -2.28. The maximum Gasteiger partial charge on any atom is 0.220 e. The van der Waals surface area contributed by atoms with E-state index >= 15 is 0 Å². The summed E-state index contributed by atoms with van der Waals surface area (Å²) in [5.74, 6) is 1.79. The monoisotopic (exact) mass is 316 g/mol. The summed E-state index contributed by atoms with van der Waals surface area (Å²) >= 11 is 0. The Balaban J connectivity index is 1.83. The van der Waals surface area contributed by atoms with Gasteiger partial charge in [0.1, 0.15) is 0 Å². The van der Waals surface area contributed by atoms with Gasteiger partial charge in [-0.05, 0) is 61.7 Å². The zero-order valence-electron chi connectivity index (χ0n) is 15.1. The number of carbonyl (C=O) groups excluding carboxylic acids is 1. The summed E-state index contributed by atoms with van der Waals surface area (Å²) in [6.45, 7) is 10.8. The minimum Gasteiger partial charge on any atom is -0.350 e. The molecule has 0 bridgehead atoms. The summed E-state index contributed by atoms with van der Waals surface area (Å²) < 4.78 is 0. The van der Waals surface area contributed by atoms with Gasteiger partial charge in [0.15, 0.2) is 0 Å². The highest BCUT2D eigenvalue weighted by Gasteiger charge is 2.22. The molecule has 2 rings (SSSR count). The fourth-order valence-electron chi connectivity index (χ4n) is 3.38. The van der Waals surface area contributed by atoms with Crippen molar-refractivity contribution < 1.29 is 4.79 Å². The van der Waals surface area contributed by atoms with E-state index in [2.05, 4.69) is 62.6 Å². The molecule has 1 aliphatic heterocycles. The van der Waals surface area contributed by atoms with E-state index < -0.39 is 0 Å². The van der Waals surface area contributed by atoms with Gasteiger partial charge >= 0.3 is 0 Å². The number of hydrogen-bond donors (Lipinski definition) is 2. The van der Waals surface area contributed by atoms with E-state index in [0.717, 1.165) is 13.1 Å². The Hall–Kier alpha value is -1.35. The Bertz CT molecular complexity index is 489. The van der Waals surface area contributed by atoms with Crippen LogP contribution in [0.15, 0.2) is 24.3 Å². The third-order valence-electron chi connectivity index (χ3n) is 5.13. The maximum absolute atomic E-state index is 12.3. The third kappa shape index (κ3) is 5.35. The molecule has 0 aliphatic carbocycles. The van der Waals surface area contributed by atoms with Gasteiger partial charge in [-0.2, -0.15) is 0 Å². The molecule has 1 saturated heterocycles. The Morgan fingerprint density at radius 3 is 2.39 bits per heavy atom. The molecular weight excluding hydrogens is 284 g/mol. The van der Waals surface area contributed by atoms with Crippen LogP contribution >= 0.6 is 0 Å². The van der Waals surface area contributed by atoms with Crippen molar-refractivity contribution in [3.05, 3.63) is 35.4 Å². The molecule has 2 N–H and O–H groups in total. The van der Waals surface area contributed by atoms with Crippen LogP contribution in [0.5, 0.6) is 0 Å². The van der Waals surface area contributed by atoms with Gasteiger partial charge in [-0.25, -0.2) is 0 Å². The van der Waals surface area contributed by atoms with E-state index in [0.29, 0.717) is 24.2 Å². The molecule has 1 aliphatic rings. The molecule has 0 saturated carbocycles. The van der Waals surface area contributed by atoms with E-state index in [4.69, 9.17) is 0 Å². The maximum atomic E-state index is 12.3. The quantitative estimate of drug-likeness (QED) is 0.832. The van der Waals surface area contributed by atoms with Crippen LogP contribution in [-0.2, 0) is 4.79 Å². The highest BCUT2D eigenvalue weighted by Crippen LogP contribution is 2.23. The second-order valence-corrected chi connectivity index (χ2v) is 7.40. The molecule has 23 heavy (non-hydrogen) atoms. The first kappa shape index (κ1) is 18.0. The van der Waals surface area contributed by atoms with Gasteiger partial charge in [0.05, 0.1) is 6.04 Å².